The predicted molar refractivity (Wildman–Crippen MR) is 68.3 cm³/mol. The molecule has 0 bridgehead atoms. The summed E-state index contributed by atoms with van der Waals surface area (Å²) < 4.78 is 43.4. The average molecular weight is 283 g/mol. The quantitative estimate of drug-likeness (QED) is 0.847. The third-order valence-corrected chi connectivity index (χ3v) is 2.68. The highest BCUT2D eigenvalue weighted by molar-refractivity contribution is 5.50. The summed E-state index contributed by atoms with van der Waals surface area (Å²) in [4.78, 5) is 0. The molecule has 0 aromatic heterocycles. The van der Waals surface area contributed by atoms with E-state index in [-0.39, 0.29) is 23.8 Å². The average Bonchev–Trinajstić information content (AvgIpc) is 2.38. The third-order valence-electron chi connectivity index (χ3n) is 2.68. The van der Waals surface area contributed by atoms with Crippen molar-refractivity contribution in [3.63, 3.8) is 0 Å². The van der Waals surface area contributed by atoms with Crippen molar-refractivity contribution in [3.05, 3.63) is 53.6 Å². The number of rotatable bonds is 3. The zero-order chi connectivity index (χ0) is 14.8. The van der Waals surface area contributed by atoms with Gasteiger partial charge in [-0.15, -0.1) is 0 Å². The van der Waals surface area contributed by atoms with Crippen molar-refractivity contribution in [2.45, 2.75) is 12.8 Å². The minimum atomic E-state index is -4.50. The molecule has 2 rings (SSSR count). The smallest absolute Gasteiger partial charge is 0.418 e. The molecule has 0 saturated heterocycles. The minimum absolute atomic E-state index is 0.0704. The Morgan fingerprint density at radius 1 is 1.10 bits per heavy atom. The molecule has 2 aromatic carbocycles. The van der Waals surface area contributed by atoms with Gasteiger partial charge in [-0.25, -0.2) is 0 Å². The largest absolute Gasteiger partial charge is 0.504 e. The number of benzene rings is 2. The number of halogens is 3. The van der Waals surface area contributed by atoms with Crippen LogP contribution in [0.15, 0.2) is 42.5 Å². The van der Waals surface area contributed by atoms with Gasteiger partial charge in [0.05, 0.1) is 5.56 Å². The van der Waals surface area contributed by atoms with E-state index >= 15 is 0 Å². The maximum absolute atomic E-state index is 12.7. The van der Waals surface area contributed by atoms with Crippen LogP contribution in [0.1, 0.15) is 11.1 Å². The summed E-state index contributed by atoms with van der Waals surface area (Å²) in [6.07, 6.45) is -4.50. The molecule has 0 fully saturated rings. The van der Waals surface area contributed by atoms with E-state index in [1.807, 2.05) is 0 Å². The Hall–Kier alpha value is -2.37. The highest BCUT2D eigenvalue weighted by atomic mass is 19.4. The molecule has 0 amide bonds. The Morgan fingerprint density at radius 3 is 2.45 bits per heavy atom. The third kappa shape index (κ3) is 3.14. The summed E-state index contributed by atoms with van der Waals surface area (Å²) in [5.41, 5.74) is 4.40. The number of phenolic OH excluding ortho intramolecular Hbond substituents is 1. The highest BCUT2D eigenvalue weighted by Crippen LogP contribution is 2.34. The first kappa shape index (κ1) is 14.0. The normalized spacial score (nSPS) is 11.3. The molecular weight excluding hydrogens is 271 g/mol. The fraction of sp³-hybridized carbons (Fsp3) is 0.143. The second-order valence-corrected chi connectivity index (χ2v) is 4.18. The number of anilines is 1. The van der Waals surface area contributed by atoms with Gasteiger partial charge in [-0.1, -0.05) is 18.2 Å². The van der Waals surface area contributed by atoms with Gasteiger partial charge < -0.3 is 15.6 Å². The molecule has 0 unspecified atom stereocenters. The predicted octanol–water partition coefficient (Wildman–Crippen LogP) is 3.57. The molecule has 0 aliphatic carbocycles. The first-order valence-corrected chi connectivity index (χ1v) is 5.74. The fourth-order valence-corrected chi connectivity index (χ4v) is 1.68. The number of nitrogen functional groups attached to an aromatic ring is 1. The number of nitrogens with two attached hydrogens (primary N) is 1. The number of hydrogen-bond donors (Lipinski definition) is 2. The zero-order valence-electron chi connectivity index (χ0n) is 10.3. The summed E-state index contributed by atoms with van der Waals surface area (Å²) in [5, 5.41) is 9.49. The van der Waals surface area contributed by atoms with Gasteiger partial charge >= 0.3 is 6.18 Å². The van der Waals surface area contributed by atoms with Gasteiger partial charge in [-0.2, -0.15) is 13.2 Å². The Kier molecular flexibility index (Phi) is 3.74. The van der Waals surface area contributed by atoms with Gasteiger partial charge in [0.25, 0.3) is 0 Å². The van der Waals surface area contributed by atoms with Crippen LogP contribution in [0, 0.1) is 0 Å². The van der Waals surface area contributed by atoms with Crippen LogP contribution in [-0.2, 0) is 12.8 Å². The molecule has 0 atom stereocenters. The van der Waals surface area contributed by atoms with Crippen molar-refractivity contribution in [1.29, 1.82) is 0 Å². The summed E-state index contributed by atoms with van der Waals surface area (Å²) in [6.45, 7) is -0.0963. The highest BCUT2D eigenvalue weighted by Gasteiger charge is 2.33. The molecule has 0 aliphatic heterocycles. The number of para-hydroxylation sites is 2. The Bertz CT molecular complexity index is 612. The number of ether oxygens (including phenoxy) is 1. The standard InChI is InChI=1S/C14H12F3NO2/c15-14(16,17)10-7-9(5-6-11(10)18)8-20-13-4-2-1-3-12(13)19/h1-7,19H,8,18H2. The maximum atomic E-state index is 12.7. The molecule has 2 aromatic rings. The SMILES string of the molecule is Nc1ccc(COc2ccccc2O)cc1C(F)(F)F. The van der Waals surface area contributed by atoms with Crippen LogP contribution in [0.3, 0.4) is 0 Å². The van der Waals surface area contributed by atoms with E-state index in [4.69, 9.17) is 10.5 Å². The number of phenols is 1. The van der Waals surface area contributed by atoms with E-state index < -0.39 is 11.7 Å². The van der Waals surface area contributed by atoms with Gasteiger partial charge in [-0.3, -0.25) is 0 Å². The Morgan fingerprint density at radius 2 is 1.80 bits per heavy atom. The molecule has 0 radical (unpaired) electrons. The van der Waals surface area contributed by atoms with Crippen LogP contribution in [0.5, 0.6) is 11.5 Å². The molecule has 6 heteroatoms. The van der Waals surface area contributed by atoms with Crippen molar-refractivity contribution in [2.24, 2.45) is 0 Å². The Balaban J connectivity index is 2.17. The maximum Gasteiger partial charge on any atom is 0.418 e. The van der Waals surface area contributed by atoms with Crippen molar-refractivity contribution in [2.75, 3.05) is 5.73 Å². The van der Waals surface area contributed by atoms with Gasteiger partial charge in [0.2, 0.25) is 0 Å². The molecule has 106 valence electrons. The van der Waals surface area contributed by atoms with E-state index in [9.17, 15) is 18.3 Å². The molecule has 3 nitrogen and oxygen atoms in total. The molecule has 0 spiro atoms. The van der Waals surface area contributed by atoms with Crippen LogP contribution in [-0.4, -0.2) is 5.11 Å². The van der Waals surface area contributed by atoms with Crippen LogP contribution < -0.4 is 10.5 Å². The van der Waals surface area contributed by atoms with E-state index in [1.54, 1.807) is 12.1 Å². The Labute approximate surface area is 113 Å². The number of hydrogen-bond acceptors (Lipinski definition) is 3. The molecule has 0 aliphatic rings. The minimum Gasteiger partial charge on any atom is -0.504 e. The van der Waals surface area contributed by atoms with E-state index in [0.717, 1.165) is 6.07 Å². The molecule has 0 saturated carbocycles. The number of aromatic hydroxyl groups is 1. The fourth-order valence-electron chi connectivity index (χ4n) is 1.68. The second kappa shape index (κ2) is 5.32. The van der Waals surface area contributed by atoms with Crippen molar-refractivity contribution in [3.8, 4) is 11.5 Å². The lowest BCUT2D eigenvalue weighted by Crippen LogP contribution is -2.10. The molecule has 3 N–H and O–H groups in total. The summed E-state index contributed by atoms with van der Waals surface area (Å²) in [6, 6.07) is 9.80. The van der Waals surface area contributed by atoms with Gasteiger partial charge in [0, 0.05) is 5.69 Å². The van der Waals surface area contributed by atoms with Crippen LogP contribution in [0.2, 0.25) is 0 Å². The summed E-state index contributed by atoms with van der Waals surface area (Å²) in [5.74, 6) is 0.136. The van der Waals surface area contributed by atoms with Gasteiger partial charge in [0.1, 0.15) is 6.61 Å². The topological polar surface area (TPSA) is 55.5 Å². The van der Waals surface area contributed by atoms with E-state index in [2.05, 4.69) is 0 Å². The lowest BCUT2D eigenvalue weighted by Gasteiger charge is -2.12. The molecular formula is C14H12F3NO2. The van der Waals surface area contributed by atoms with Crippen LogP contribution in [0.4, 0.5) is 18.9 Å². The van der Waals surface area contributed by atoms with Gasteiger partial charge in [0.15, 0.2) is 11.5 Å². The van der Waals surface area contributed by atoms with Crippen LogP contribution in [0.25, 0.3) is 0 Å². The first-order valence-electron chi connectivity index (χ1n) is 5.74. The summed E-state index contributed by atoms with van der Waals surface area (Å²) in [7, 11) is 0. The van der Waals surface area contributed by atoms with E-state index in [0.29, 0.717) is 5.56 Å². The zero-order valence-corrected chi connectivity index (χ0v) is 10.3. The monoisotopic (exact) mass is 283 g/mol. The van der Waals surface area contributed by atoms with Crippen LogP contribution >= 0.6 is 0 Å². The molecule has 20 heavy (non-hydrogen) atoms. The van der Waals surface area contributed by atoms with Gasteiger partial charge in [-0.05, 0) is 29.8 Å². The lowest BCUT2D eigenvalue weighted by molar-refractivity contribution is -0.137. The molecule has 0 heterocycles. The van der Waals surface area contributed by atoms with Crippen molar-refractivity contribution < 1.29 is 23.0 Å². The second-order valence-electron chi connectivity index (χ2n) is 4.18. The summed E-state index contributed by atoms with van der Waals surface area (Å²) >= 11 is 0. The lowest BCUT2D eigenvalue weighted by atomic mass is 10.1. The van der Waals surface area contributed by atoms with Crippen molar-refractivity contribution in [1.82, 2.24) is 0 Å². The first-order chi connectivity index (χ1) is 9.38. The number of alkyl halides is 3. The van der Waals surface area contributed by atoms with Crippen molar-refractivity contribution >= 4 is 5.69 Å². The van der Waals surface area contributed by atoms with E-state index in [1.165, 1.54) is 24.3 Å².